The monoisotopic (exact) mass is 268 g/mol. The minimum atomic E-state index is 0.532. The molecule has 2 rings (SSSR count). The van der Waals surface area contributed by atoms with Gasteiger partial charge in [0.25, 0.3) is 0 Å². The predicted octanol–water partition coefficient (Wildman–Crippen LogP) is 2.80. The van der Waals surface area contributed by atoms with E-state index in [0.29, 0.717) is 6.10 Å². The highest BCUT2D eigenvalue weighted by molar-refractivity contribution is 4.77. The molecule has 0 bridgehead atoms. The van der Waals surface area contributed by atoms with Crippen molar-refractivity contribution in [3.8, 4) is 0 Å². The van der Waals surface area contributed by atoms with E-state index in [-0.39, 0.29) is 0 Å². The van der Waals surface area contributed by atoms with Gasteiger partial charge < -0.3 is 15.0 Å². The number of likely N-dealkylation sites (tertiary alicyclic amines) is 1. The third kappa shape index (κ3) is 5.80. The topological polar surface area (TPSA) is 24.5 Å². The Kier molecular flexibility index (Phi) is 7.18. The van der Waals surface area contributed by atoms with E-state index in [1.54, 1.807) is 0 Å². The molecule has 0 unspecified atom stereocenters. The van der Waals surface area contributed by atoms with E-state index >= 15 is 0 Å². The van der Waals surface area contributed by atoms with E-state index in [4.69, 9.17) is 4.74 Å². The molecular formula is C16H32N2O. The number of nitrogens with zero attached hydrogens (tertiary/aromatic N) is 1. The van der Waals surface area contributed by atoms with Gasteiger partial charge in [0.05, 0.1) is 12.7 Å². The van der Waals surface area contributed by atoms with Crippen molar-refractivity contribution in [2.75, 3.05) is 32.8 Å². The summed E-state index contributed by atoms with van der Waals surface area (Å²) in [5.41, 5.74) is 0. The lowest BCUT2D eigenvalue weighted by Crippen LogP contribution is -2.37. The summed E-state index contributed by atoms with van der Waals surface area (Å²) in [7, 11) is 0. The normalized spacial score (nSPS) is 29.5. The summed E-state index contributed by atoms with van der Waals surface area (Å²) >= 11 is 0. The van der Waals surface area contributed by atoms with Crippen LogP contribution in [-0.2, 0) is 4.74 Å². The van der Waals surface area contributed by atoms with Gasteiger partial charge in [-0.3, -0.25) is 0 Å². The summed E-state index contributed by atoms with van der Waals surface area (Å²) in [4.78, 5) is 2.57. The summed E-state index contributed by atoms with van der Waals surface area (Å²) in [6, 6.07) is 0.752. The van der Waals surface area contributed by atoms with Gasteiger partial charge in [-0.25, -0.2) is 0 Å². The summed E-state index contributed by atoms with van der Waals surface area (Å²) in [6.07, 6.45) is 11.1. The summed E-state index contributed by atoms with van der Waals surface area (Å²) < 4.78 is 6.07. The molecule has 112 valence electrons. The van der Waals surface area contributed by atoms with Crippen LogP contribution in [-0.4, -0.2) is 49.8 Å². The van der Waals surface area contributed by atoms with Crippen molar-refractivity contribution in [1.29, 1.82) is 0 Å². The average Bonchev–Trinajstić information content (AvgIpc) is 2.47. The number of nitrogens with one attached hydrogen (secondary N) is 1. The first-order chi connectivity index (χ1) is 9.38. The molecule has 1 N–H and O–H groups in total. The largest absolute Gasteiger partial charge is 0.377 e. The van der Waals surface area contributed by atoms with Crippen molar-refractivity contribution >= 4 is 0 Å². The van der Waals surface area contributed by atoms with Crippen LogP contribution in [0.5, 0.6) is 0 Å². The number of hydrogen-bond acceptors (Lipinski definition) is 3. The van der Waals surface area contributed by atoms with E-state index in [0.717, 1.165) is 19.2 Å². The first-order valence-corrected chi connectivity index (χ1v) is 8.46. The highest BCUT2D eigenvalue weighted by Crippen LogP contribution is 2.21. The fourth-order valence-electron chi connectivity index (χ4n) is 3.31. The van der Waals surface area contributed by atoms with E-state index in [9.17, 15) is 0 Å². The van der Waals surface area contributed by atoms with Gasteiger partial charge in [0.15, 0.2) is 0 Å². The Morgan fingerprint density at radius 1 is 1.05 bits per heavy atom. The van der Waals surface area contributed by atoms with Crippen molar-refractivity contribution in [2.24, 2.45) is 0 Å². The Balaban J connectivity index is 1.50. The van der Waals surface area contributed by atoms with Crippen LogP contribution >= 0.6 is 0 Å². The Labute approximate surface area is 119 Å². The van der Waals surface area contributed by atoms with Crippen molar-refractivity contribution in [3.63, 3.8) is 0 Å². The Morgan fingerprint density at radius 3 is 2.47 bits per heavy atom. The molecule has 0 aromatic rings. The van der Waals surface area contributed by atoms with Crippen molar-refractivity contribution in [1.82, 2.24) is 10.2 Å². The van der Waals surface area contributed by atoms with E-state index in [1.165, 1.54) is 71.0 Å². The van der Waals surface area contributed by atoms with Gasteiger partial charge in [0.1, 0.15) is 0 Å². The molecule has 1 saturated carbocycles. The maximum Gasteiger partial charge on any atom is 0.0597 e. The van der Waals surface area contributed by atoms with Gasteiger partial charge in [0.2, 0.25) is 0 Å². The number of piperidine rings is 1. The van der Waals surface area contributed by atoms with Crippen LogP contribution in [0.3, 0.4) is 0 Å². The van der Waals surface area contributed by atoms with Crippen LogP contribution in [0.25, 0.3) is 0 Å². The van der Waals surface area contributed by atoms with E-state index < -0.39 is 0 Å². The van der Waals surface area contributed by atoms with Crippen molar-refractivity contribution in [3.05, 3.63) is 0 Å². The number of hydrogen-bond donors (Lipinski definition) is 1. The second kappa shape index (κ2) is 8.93. The lowest BCUT2D eigenvalue weighted by atomic mass is 9.93. The molecule has 3 nitrogen and oxygen atoms in total. The van der Waals surface area contributed by atoms with Crippen LogP contribution in [0.15, 0.2) is 0 Å². The summed E-state index contributed by atoms with van der Waals surface area (Å²) in [6.45, 7) is 8.08. The lowest BCUT2D eigenvalue weighted by Gasteiger charge is -2.31. The smallest absolute Gasteiger partial charge is 0.0597 e. The highest BCUT2D eigenvalue weighted by atomic mass is 16.5. The van der Waals surface area contributed by atoms with Gasteiger partial charge in [-0.1, -0.05) is 13.3 Å². The standard InChI is InChI=1S/C16H32N2O/c1-2-10-17-15-6-8-16(9-7-15)19-14-13-18-11-4-3-5-12-18/h15-17H,2-14H2,1H3. The molecule has 0 atom stereocenters. The third-order valence-corrected chi connectivity index (χ3v) is 4.57. The zero-order valence-corrected chi connectivity index (χ0v) is 12.7. The zero-order valence-electron chi connectivity index (χ0n) is 12.7. The molecule has 1 saturated heterocycles. The van der Waals surface area contributed by atoms with Gasteiger partial charge in [-0.05, 0) is 64.6 Å². The molecule has 0 aromatic carbocycles. The molecule has 0 aromatic heterocycles. The first kappa shape index (κ1) is 15.3. The molecular weight excluding hydrogens is 236 g/mol. The average molecular weight is 268 g/mol. The van der Waals surface area contributed by atoms with Gasteiger partial charge in [-0.2, -0.15) is 0 Å². The summed E-state index contributed by atoms with van der Waals surface area (Å²) in [5, 5.41) is 3.64. The molecule has 0 amide bonds. The molecule has 2 fully saturated rings. The Bertz CT molecular complexity index is 221. The third-order valence-electron chi connectivity index (χ3n) is 4.57. The van der Waals surface area contributed by atoms with Gasteiger partial charge >= 0.3 is 0 Å². The molecule has 19 heavy (non-hydrogen) atoms. The van der Waals surface area contributed by atoms with Crippen LogP contribution in [0.1, 0.15) is 58.3 Å². The molecule has 0 spiro atoms. The van der Waals surface area contributed by atoms with E-state index in [1.807, 2.05) is 0 Å². The molecule has 1 aliphatic heterocycles. The van der Waals surface area contributed by atoms with Crippen LogP contribution in [0.2, 0.25) is 0 Å². The van der Waals surface area contributed by atoms with Crippen LogP contribution < -0.4 is 5.32 Å². The van der Waals surface area contributed by atoms with Gasteiger partial charge in [-0.15, -0.1) is 0 Å². The quantitative estimate of drug-likeness (QED) is 0.768. The van der Waals surface area contributed by atoms with Crippen molar-refractivity contribution in [2.45, 2.75) is 70.4 Å². The molecule has 1 aliphatic carbocycles. The summed E-state index contributed by atoms with van der Waals surface area (Å²) in [5.74, 6) is 0. The predicted molar refractivity (Wildman–Crippen MR) is 80.6 cm³/mol. The number of ether oxygens (including phenoxy) is 1. The second-order valence-electron chi connectivity index (χ2n) is 6.20. The minimum absolute atomic E-state index is 0.532. The molecule has 2 aliphatic rings. The molecule has 3 heteroatoms. The fraction of sp³-hybridized carbons (Fsp3) is 1.00. The maximum atomic E-state index is 6.07. The second-order valence-corrected chi connectivity index (χ2v) is 6.20. The van der Waals surface area contributed by atoms with Crippen molar-refractivity contribution < 1.29 is 4.74 Å². The number of rotatable bonds is 7. The first-order valence-electron chi connectivity index (χ1n) is 8.46. The molecule has 1 heterocycles. The van der Waals surface area contributed by atoms with Crippen LogP contribution in [0.4, 0.5) is 0 Å². The minimum Gasteiger partial charge on any atom is -0.377 e. The fourth-order valence-corrected chi connectivity index (χ4v) is 3.31. The Hall–Kier alpha value is -0.120. The Morgan fingerprint density at radius 2 is 1.79 bits per heavy atom. The SMILES string of the molecule is CCCNC1CCC(OCCN2CCCCC2)CC1. The van der Waals surface area contributed by atoms with Gasteiger partial charge in [0, 0.05) is 12.6 Å². The molecule has 0 radical (unpaired) electrons. The highest BCUT2D eigenvalue weighted by Gasteiger charge is 2.21. The zero-order chi connectivity index (χ0) is 13.3. The lowest BCUT2D eigenvalue weighted by molar-refractivity contribution is 0.00917. The van der Waals surface area contributed by atoms with Crippen LogP contribution in [0, 0.1) is 0 Å². The van der Waals surface area contributed by atoms with E-state index in [2.05, 4.69) is 17.1 Å². The maximum absolute atomic E-state index is 6.07.